The summed E-state index contributed by atoms with van der Waals surface area (Å²) in [5, 5.41) is 2.14. The van der Waals surface area contributed by atoms with Gasteiger partial charge in [-0.3, -0.25) is 0 Å². The molecule has 1 heteroatoms. The van der Waals surface area contributed by atoms with Crippen LogP contribution in [0.2, 0.25) is 0 Å². The van der Waals surface area contributed by atoms with E-state index in [9.17, 15) is 0 Å². The molecule has 1 aromatic heterocycles. The van der Waals surface area contributed by atoms with E-state index in [-0.39, 0.29) is 0 Å². The summed E-state index contributed by atoms with van der Waals surface area (Å²) < 4.78 is 0. The molecule has 2 rings (SSSR count). The fourth-order valence-corrected chi connectivity index (χ4v) is 2.29. The Morgan fingerprint density at radius 1 is 1.67 bits per heavy atom. The Morgan fingerprint density at radius 3 is 3.11 bits per heavy atom. The molecule has 0 unspecified atom stereocenters. The molecular weight excluding hydrogens is 128 g/mol. The minimum absolute atomic E-state index is 0.631. The fourth-order valence-electron chi connectivity index (χ4n) is 1.23. The van der Waals surface area contributed by atoms with Crippen LogP contribution in [0.3, 0.4) is 0 Å². The smallest absolute Gasteiger partial charge is 0.0340 e. The summed E-state index contributed by atoms with van der Waals surface area (Å²) in [4.78, 5) is 1.42. The number of allylic oxidation sites excluding steroid dienone is 1. The van der Waals surface area contributed by atoms with Crippen molar-refractivity contribution in [1.82, 2.24) is 0 Å². The first-order valence-corrected chi connectivity index (χ1v) is 3.95. The van der Waals surface area contributed by atoms with Crippen LogP contribution in [-0.4, -0.2) is 0 Å². The normalized spacial score (nSPS) is 23.2. The van der Waals surface area contributed by atoms with Gasteiger partial charge in [-0.05, 0) is 22.6 Å². The summed E-state index contributed by atoms with van der Waals surface area (Å²) in [5.74, 6) is 0.631. The standard InChI is InChI=1S/C8H8S/c1-5-6(2)8-7(5)3-4-9-8/h3-5H,2H2,1H3/t5-/m0/s1. The quantitative estimate of drug-likeness (QED) is 0.514. The van der Waals surface area contributed by atoms with E-state index in [1.807, 2.05) is 0 Å². The van der Waals surface area contributed by atoms with Gasteiger partial charge in [0.05, 0.1) is 0 Å². The average Bonchev–Trinajstić information content (AvgIpc) is 2.30. The molecule has 0 N–H and O–H groups in total. The Labute approximate surface area is 58.8 Å². The lowest BCUT2D eigenvalue weighted by Gasteiger charge is -2.25. The van der Waals surface area contributed by atoms with Gasteiger partial charge >= 0.3 is 0 Å². The maximum Gasteiger partial charge on any atom is 0.0340 e. The van der Waals surface area contributed by atoms with Gasteiger partial charge in [0.15, 0.2) is 0 Å². The van der Waals surface area contributed by atoms with Gasteiger partial charge in [-0.1, -0.05) is 13.5 Å². The molecule has 0 radical (unpaired) electrons. The van der Waals surface area contributed by atoms with Gasteiger partial charge in [0.2, 0.25) is 0 Å². The van der Waals surface area contributed by atoms with Crippen molar-refractivity contribution < 1.29 is 0 Å². The van der Waals surface area contributed by atoms with Crippen LogP contribution in [0.1, 0.15) is 23.3 Å². The van der Waals surface area contributed by atoms with E-state index >= 15 is 0 Å². The lowest BCUT2D eigenvalue weighted by molar-refractivity contribution is 0.941. The van der Waals surface area contributed by atoms with E-state index < -0.39 is 0 Å². The molecule has 0 saturated carbocycles. The molecule has 0 fully saturated rings. The first-order valence-electron chi connectivity index (χ1n) is 3.07. The fraction of sp³-hybridized carbons (Fsp3) is 0.250. The first-order chi connectivity index (χ1) is 4.30. The molecule has 0 spiro atoms. The summed E-state index contributed by atoms with van der Waals surface area (Å²) >= 11 is 1.80. The van der Waals surface area contributed by atoms with Crippen LogP contribution >= 0.6 is 11.3 Å². The Kier molecular flexibility index (Phi) is 0.862. The van der Waals surface area contributed by atoms with Crippen molar-refractivity contribution in [3.63, 3.8) is 0 Å². The third-order valence-corrected chi connectivity index (χ3v) is 2.98. The van der Waals surface area contributed by atoms with Crippen molar-refractivity contribution in [3.05, 3.63) is 28.5 Å². The van der Waals surface area contributed by atoms with Crippen molar-refractivity contribution in [2.45, 2.75) is 12.8 Å². The van der Waals surface area contributed by atoms with Crippen molar-refractivity contribution in [2.75, 3.05) is 0 Å². The maximum absolute atomic E-state index is 3.97. The molecule has 1 atom stereocenters. The van der Waals surface area contributed by atoms with Crippen LogP contribution < -0.4 is 0 Å². The van der Waals surface area contributed by atoms with Crippen LogP contribution in [0.5, 0.6) is 0 Å². The maximum atomic E-state index is 3.97. The highest BCUT2D eigenvalue weighted by Crippen LogP contribution is 2.47. The largest absolute Gasteiger partial charge is 0.144 e. The van der Waals surface area contributed by atoms with Gasteiger partial charge in [-0.15, -0.1) is 11.3 Å². The van der Waals surface area contributed by atoms with Gasteiger partial charge in [0.1, 0.15) is 0 Å². The first kappa shape index (κ1) is 5.24. The van der Waals surface area contributed by atoms with Crippen LogP contribution in [0.4, 0.5) is 0 Å². The number of fused-ring (bicyclic) bond motifs is 1. The second-order valence-corrected chi connectivity index (χ2v) is 3.37. The van der Waals surface area contributed by atoms with Gasteiger partial charge in [0.25, 0.3) is 0 Å². The molecule has 0 bridgehead atoms. The predicted molar refractivity (Wildman–Crippen MR) is 41.8 cm³/mol. The van der Waals surface area contributed by atoms with Gasteiger partial charge in [-0.25, -0.2) is 0 Å². The molecule has 1 heterocycles. The molecule has 9 heavy (non-hydrogen) atoms. The molecule has 0 saturated heterocycles. The summed E-state index contributed by atoms with van der Waals surface area (Å²) in [5.41, 5.74) is 2.81. The van der Waals surface area contributed by atoms with Crippen LogP contribution in [0, 0.1) is 0 Å². The summed E-state index contributed by atoms with van der Waals surface area (Å²) in [6, 6.07) is 2.19. The average molecular weight is 136 g/mol. The Morgan fingerprint density at radius 2 is 2.44 bits per heavy atom. The summed E-state index contributed by atoms with van der Waals surface area (Å²) in [7, 11) is 0. The molecule has 1 aliphatic carbocycles. The topological polar surface area (TPSA) is 0 Å². The molecule has 0 amide bonds. The second kappa shape index (κ2) is 1.48. The molecule has 46 valence electrons. The molecule has 1 aliphatic rings. The van der Waals surface area contributed by atoms with Gasteiger partial charge in [-0.2, -0.15) is 0 Å². The Bertz CT molecular complexity index is 257. The zero-order valence-electron chi connectivity index (χ0n) is 5.35. The number of hydrogen-bond donors (Lipinski definition) is 0. The molecule has 1 aromatic rings. The summed E-state index contributed by atoms with van der Waals surface area (Å²) in [6.45, 7) is 6.17. The highest BCUT2D eigenvalue weighted by Gasteiger charge is 2.26. The summed E-state index contributed by atoms with van der Waals surface area (Å²) in [6.07, 6.45) is 0. The van der Waals surface area contributed by atoms with E-state index in [0.717, 1.165) is 0 Å². The van der Waals surface area contributed by atoms with E-state index in [1.165, 1.54) is 16.0 Å². The highest BCUT2D eigenvalue weighted by atomic mass is 32.1. The van der Waals surface area contributed by atoms with E-state index in [1.54, 1.807) is 11.3 Å². The highest BCUT2D eigenvalue weighted by molar-refractivity contribution is 7.11. The third-order valence-electron chi connectivity index (χ3n) is 1.98. The number of rotatable bonds is 0. The zero-order chi connectivity index (χ0) is 6.43. The van der Waals surface area contributed by atoms with Crippen molar-refractivity contribution in [1.29, 1.82) is 0 Å². The van der Waals surface area contributed by atoms with Crippen molar-refractivity contribution >= 4 is 16.9 Å². The minimum Gasteiger partial charge on any atom is -0.144 e. The molecule has 0 aromatic carbocycles. The van der Waals surface area contributed by atoms with Gasteiger partial charge in [0, 0.05) is 10.8 Å². The van der Waals surface area contributed by atoms with E-state index in [0.29, 0.717) is 5.92 Å². The lowest BCUT2D eigenvalue weighted by Crippen LogP contribution is -2.06. The van der Waals surface area contributed by atoms with Gasteiger partial charge < -0.3 is 0 Å². The Balaban J connectivity index is 2.62. The molecular formula is C8H8S. The molecule has 0 nitrogen and oxygen atoms in total. The Hall–Kier alpha value is -0.560. The van der Waals surface area contributed by atoms with Crippen LogP contribution in [0.15, 0.2) is 18.0 Å². The van der Waals surface area contributed by atoms with Crippen molar-refractivity contribution in [3.8, 4) is 0 Å². The zero-order valence-corrected chi connectivity index (χ0v) is 6.16. The molecule has 0 aliphatic heterocycles. The van der Waals surface area contributed by atoms with Crippen LogP contribution in [-0.2, 0) is 0 Å². The predicted octanol–water partition coefficient (Wildman–Crippen LogP) is 2.88. The van der Waals surface area contributed by atoms with E-state index in [2.05, 4.69) is 24.9 Å². The minimum atomic E-state index is 0.631. The SMILES string of the molecule is C=C1c2sccc2[C@H]1C. The number of thiophene rings is 1. The van der Waals surface area contributed by atoms with Crippen LogP contribution in [0.25, 0.3) is 5.57 Å². The number of hydrogen-bond acceptors (Lipinski definition) is 1. The lowest BCUT2D eigenvalue weighted by atomic mass is 9.82. The monoisotopic (exact) mass is 136 g/mol. The van der Waals surface area contributed by atoms with E-state index in [4.69, 9.17) is 0 Å². The second-order valence-electron chi connectivity index (χ2n) is 2.45. The third kappa shape index (κ3) is 0.479. The van der Waals surface area contributed by atoms with Crippen molar-refractivity contribution in [2.24, 2.45) is 0 Å².